The highest BCUT2D eigenvalue weighted by Gasteiger charge is 2.87. The van der Waals surface area contributed by atoms with Crippen molar-refractivity contribution in [1.29, 1.82) is 0 Å². The molecule has 0 aromatic carbocycles. The molecule has 3 N–H and O–H groups in total. The van der Waals surface area contributed by atoms with Crippen LogP contribution in [0.2, 0.25) is 0 Å². The largest absolute Gasteiger partial charge is 0.396 e. The molecule has 0 aromatic heterocycles. The first-order valence-corrected chi connectivity index (χ1v) is 20.0. The molecule has 0 radical (unpaired) electrons. The number of ether oxygens (including phenoxy) is 10. The lowest BCUT2D eigenvalue weighted by molar-refractivity contribution is -0.562. The third kappa shape index (κ3) is 20.5. The quantitative estimate of drug-likeness (QED) is 0.0304. The molecule has 0 saturated heterocycles. The molecule has 0 saturated carbocycles. The van der Waals surface area contributed by atoms with Gasteiger partial charge in [-0.05, 0) is 6.42 Å². The molecule has 72 heavy (non-hydrogen) atoms. The lowest BCUT2D eigenvalue weighted by atomic mass is 9.82. The molecule has 0 amide bonds. The molecule has 0 aliphatic carbocycles. The third-order valence-corrected chi connectivity index (χ3v) is 8.67. The summed E-state index contributed by atoms with van der Waals surface area (Å²) in [5.74, 6) is -14.6. The van der Waals surface area contributed by atoms with Crippen molar-refractivity contribution in [2.45, 2.75) is 99.2 Å². The number of aliphatic hydroxyl groups excluding tert-OH is 3. The van der Waals surface area contributed by atoms with E-state index in [1.165, 1.54) is 6.92 Å². The normalized spacial score (nSPS) is 16.2. The highest BCUT2D eigenvalue weighted by Crippen LogP contribution is 2.64. The van der Waals surface area contributed by atoms with Gasteiger partial charge < -0.3 is 48.5 Å². The number of aliphatic hydroxyl groups is 3. The van der Waals surface area contributed by atoms with Gasteiger partial charge in [-0.15, -0.1) is 13.2 Å². The Morgan fingerprint density at radius 1 is 0.375 bits per heavy atom. The molecule has 13 nitrogen and oxygen atoms in total. The van der Waals surface area contributed by atoms with Crippen molar-refractivity contribution in [3.05, 3.63) is 25.3 Å². The van der Waals surface area contributed by atoms with Crippen molar-refractivity contribution in [2.24, 2.45) is 10.8 Å². The second kappa shape index (κ2) is 27.5. The lowest BCUT2D eigenvalue weighted by Gasteiger charge is -2.50. The fourth-order valence-corrected chi connectivity index (χ4v) is 5.13. The fourth-order valence-electron chi connectivity index (χ4n) is 5.13. The van der Waals surface area contributed by atoms with Gasteiger partial charge in [-0.25, -0.2) is 26.3 Å². The molecular formula is C37H50F22O13. The van der Waals surface area contributed by atoms with Crippen LogP contribution in [0.15, 0.2) is 25.3 Å². The molecule has 2 unspecified atom stereocenters. The van der Waals surface area contributed by atoms with E-state index < -0.39 is 196 Å². The molecule has 0 fully saturated rings. The van der Waals surface area contributed by atoms with Crippen molar-refractivity contribution in [3.63, 3.8) is 0 Å². The second-order valence-electron chi connectivity index (χ2n) is 15.0. The second-order valence-corrected chi connectivity index (χ2v) is 15.0. The molecule has 0 aromatic rings. The summed E-state index contributed by atoms with van der Waals surface area (Å²) < 4.78 is 377. The predicted molar refractivity (Wildman–Crippen MR) is 194 cm³/mol. The molecule has 0 heterocycles. The minimum absolute atomic E-state index is 0.146. The predicted octanol–water partition coefficient (Wildman–Crippen LogP) is 8.70. The van der Waals surface area contributed by atoms with Crippen molar-refractivity contribution in [3.8, 4) is 0 Å². The van der Waals surface area contributed by atoms with Crippen LogP contribution in [0, 0.1) is 10.8 Å². The smallest absolute Gasteiger partial charge is 0.385 e. The van der Waals surface area contributed by atoms with E-state index >= 15 is 43.9 Å². The van der Waals surface area contributed by atoms with Crippen LogP contribution in [0.5, 0.6) is 0 Å². The lowest BCUT2D eigenvalue weighted by Crippen LogP contribution is -2.72. The topological polar surface area (TPSA) is 153 Å². The van der Waals surface area contributed by atoms with Gasteiger partial charge in [0.2, 0.25) is 0 Å². The SMILES string of the molecule is C=CCOCC(F)(F)COCC(COC(F)(F)CCO)(C(F)(F)OC(F)(F)CCO)C(F)(F)OC(F)(F)C(COCC(F)(F)COCC=C)(C(F)(F)OCC(F)(F)COCCC)C(F)(F)OC(F)(F)CCO. The van der Waals surface area contributed by atoms with E-state index in [9.17, 15) is 52.7 Å². The van der Waals surface area contributed by atoms with Crippen molar-refractivity contribution in [1.82, 2.24) is 0 Å². The Bertz CT molecular complexity index is 1600. The van der Waals surface area contributed by atoms with Crippen molar-refractivity contribution >= 4 is 0 Å². The molecule has 0 aliphatic rings. The van der Waals surface area contributed by atoms with Gasteiger partial charge in [-0.3, -0.25) is 14.2 Å². The van der Waals surface area contributed by atoms with Crippen molar-refractivity contribution in [2.75, 3.05) is 99.1 Å². The summed E-state index contributed by atoms with van der Waals surface area (Å²) in [5, 5.41) is 26.7. The van der Waals surface area contributed by atoms with Crippen LogP contribution in [0.3, 0.4) is 0 Å². The van der Waals surface area contributed by atoms with Gasteiger partial charge in [-0.1, -0.05) is 19.1 Å². The molecule has 0 bridgehead atoms. The maximum Gasteiger partial charge on any atom is 0.385 e. The molecular weight excluding hydrogens is 1070 g/mol. The van der Waals surface area contributed by atoms with Crippen LogP contribution < -0.4 is 0 Å². The molecule has 430 valence electrons. The van der Waals surface area contributed by atoms with Gasteiger partial charge in [0, 0.05) is 6.61 Å². The van der Waals surface area contributed by atoms with E-state index in [2.05, 4.69) is 60.5 Å². The van der Waals surface area contributed by atoms with Crippen LogP contribution >= 0.6 is 0 Å². The van der Waals surface area contributed by atoms with Crippen LogP contribution in [0.1, 0.15) is 32.6 Å². The average molecular weight is 1120 g/mol. The summed E-state index contributed by atoms with van der Waals surface area (Å²) in [5.41, 5.74) is -13.9. The summed E-state index contributed by atoms with van der Waals surface area (Å²) in [7, 11) is 0. The fraction of sp³-hybridized carbons (Fsp3) is 0.892. The third-order valence-electron chi connectivity index (χ3n) is 8.67. The number of halogens is 22. The highest BCUT2D eigenvalue weighted by atomic mass is 19.3. The highest BCUT2D eigenvalue weighted by molar-refractivity contribution is 5.05. The van der Waals surface area contributed by atoms with Crippen LogP contribution in [0.25, 0.3) is 0 Å². The van der Waals surface area contributed by atoms with E-state index in [0.717, 1.165) is 12.2 Å². The van der Waals surface area contributed by atoms with Gasteiger partial charge in [0.15, 0.2) is 5.41 Å². The molecule has 0 rings (SSSR count). The number of hydrogen-bond donors (Lipinski definition) is 3. The molecule has 35 heteroatoms. The summed E-state index contributed by atoms with van der Waals surface area (Å²) in [6.45, 7) is -27.4. The zero-order chi connectivity index (χ0) is 56.4. The van der Waals surface area contributed by atoms with E-state index in [1.54, 1.807) is 0 Å². The maximum atomic E-state index is 16.9. The van der Waals surface area contributed by atoms with Gasteiger partial charge >= 0.3 is 48.9 Å². The Morgan fingerprint density at radius 2 is 0.736 bits per heavy atom. The summed E-state index contributed by atoms with van der Waals surface area (Å²) in [6, 6.07) is 0. The number of rotatable bonds is 43. The minimum Gasteiger partial charge on any atom is -0.396 e. The zero-order valence-corrected chi connectivity index (χ0v) is 37.2. The van der Waals surface area contributed by atoms with Crippen LogP contribution in [-0.2, 0) is 47.4 Å². The first-order valence-electron chi connectivity index (χ1n) is 20.0. The van der Waals surface area contributed by atoms with Crippen LogP contribution in [-0.4, -0.2) is 181 Å². The first-order chi connectivity index (χ1) is 32.6. The molecule has 0 aliphatic heterocycles. The Labute approximate surface area is 394 Å². The Kier molecular flexibility index (Phi) is 26.5. The molecule has 2 atom stereocenters. The number of alkyl halides is 22. The van der Waals surface area contributed by atoms with Crippen molar-refractivity contribution < 1.29 is 159 Å². The summed E-state index contributed by atoms with van der Waals surface area (Å²) >= 11 is 0. The van der Waals surface area contributed by atoms with E-state index in [1.807, 2.05) is 0 Å². The van der Waals surface area contributed by atoms with E-state index in [4.69, 9.17) is 15.3 Å². The van der Waals surface area contributed by atoms with E-state index in [0.29, 0.717) is 0 Å². The molecule has 0 spiro atoms. The zero-order valence-electron chi connectivity index (χ0n) is 37.2. The van der Waals surface area contributed by atoms with Crippen LogP contribution in [0.4, 0.5) is 96.6 Å². The monoisotopic (exact) mass is 1120 g/mol. The van der Waals surface area contributed by atoms with Gasteiger partial charge in [0.25, 0.3) is 23.2 Å². The van der Waals surface area contributed by atoms with Gasteiger partial charge in [0.05, 0.1) is 72.1 Å². The Hall–Kier alpha value is -2.58. The summed E-state index contributed by atoms with van der Waals surface area (Å²) in [4.78, 5) is 0. The minimum atomic E-state index is -8.15. The standard InChI is InChI=1S/C37H50F22O13/c1-4-13-63-18-26(38,39)21-66-16-25(17-68-30(44,45)7-10-60,33(50,51)70-31(46,47)8-11-61)34(52,53)72-37(58,59)29(36(56,57)71-32(48,49)9-12-62,24-67-22-27(40,41)19-64-14-5-2)35(54,55)69-23-28(42,43)20-65-15-6-3/h4-5,60-62H,1-2,6-24H2,3H3. The van der Waals surface area contributed by atoms with Gasteiger partial charge in [-0.2, -0.15) is 70.2 Å². The number of hydrogen-bond acceptors (Lipinski definition) is 13. The average Bonchev–Trinajstić information content (AvgIpc) is 3.18. The van der Waals surface area contributed by atoms with Gasteiger partial charge in [0.1, 0.15) is 39.6 Å². The summed E-state index contributed by atoms with van der Waals surface area (Å²) in [6.07, 6.45) is -61.6. The first kappa shape index (κ1) is 69.4. The Balaban J connectivity index is 8.88. The Morgan fingerprint density at radius 3 is 1.17 bits per heavy atom. The van der Waals surface area contributed by atoms with E-state index in [-0.39, 0.29) is 6.42 Å². The maximum absolute atomic E-state index is 16.9.